The average molecular weight is 327 g/mol. The highest BCUT2D eigenvalue weighted by molar-refractivity contribution is 5.39. The molecule has 1 unspecified atom stereocenters. The molecular weight excluding hydrogens is 302 g/mol. The highest BCUT2D eigenvalue weighted by Crippen LogP contribution is 2.25. The minimum absolute atomic E-state index is 0.665. The van der Waals surface area contributed by atoms with Crippen LogP contribution in [0.3, 0.4) is 0 Å². The molecule has 2 aromatic rings. The summed E-state index contributed by atoms with van der Waals surface area (Å²) in [6.45, 7) is 4.83. The second-order valence-corrected chi connectivity index (χ2v) is 6.05. The van der Waals surface area contributed by atoms with Gasteiger partial charge in [-0.25, -0.2) is 4.98 Å². The van der Waals surface area contributed by atoms with Gasteiger partial charge in [0.25, 0.3) is 0 Å². The molecule has 0 bridgehead atoms. The van der Waals surface area contributed by atoms with Gasteiger partial charge in [-0.2, -0.15) is 0 Å². The van der Waals surface area contributed by atoms with Crippen molar-refractivity contribution in [1.29, 1.82) is 0 Å². The molecule has 1 saturated heterocycles. The first-order valence-corrected chi connectivity index (χ1v) is 8.48. The molecule has 1 atom stereocenters. The molecule has 1 aromatic heterocycles. The number of para-hydroxylation sites is 2. The van der Waals surface area contributed by atoms with E-state index in [2.05, 4.69) is 15.2 Å². The van der Waals surface area contributed by atoms with Gasteiger partial charge in [-0.1, -0.05) is 18.2 Å². The van der Waals surface area contributed by atoms with Gasteiger partial charge in [-0.3, -0.25) is 4.90 Å². The molecule has 0 saturated carbocycles. The summed E-state index contributed by atoms with van der Waals surface area (Å²) < 4.78 is 11.2. The van der Waals surface area contributed by atoms with Gasteiger partial charge < -0.3 is 14.8 Å². The zero-order chi connectivity index (χ0) is 16.6. The number of likely N-dealkylation sites (tertiary alicyclic amines) is 1. The molecule has 1 aromatic carbocycles. The molecule has 5 heteroatoms. The van der Waals surface area contributed by atoms with Crippen molar-refractivity contribution in [3.63, 3.8) is 0 Å². The van der Waals surface area contributed by atoms with E-state index in [0.717, 1.165) is 43.5 Å². The van der Waals surface area contributed by atoms with Crippen LogP contribution in [0.2, 0.25) is 0 Å². The van der Waals surface area contributed by atoms with E-state index in [9.17, 15) is 0 Å². The SMILES string of the molecule is COc1ccccc1OCCN1CCC(CNc2ccccn2)C1. The zero-order valence-corrected chi connectivity index (χ0v) is 14.1. The Morgan fingerprint density at radius 2 is 2.00 bits per heavy atom. The normalized spacial score (nSPS) is 17.6. The summed E-state index contributed by atoms with van der Waals surface area (Å²) in [6, 6.07) is 13.7. The second kappa shape index (κ2) is 8.55. The van der Waals surface area contributed by atoms with Gasteiger partial charge in [0.1, 0.15) is 12.4 Å². The highest BCUT2D eigenvalue weighted by atomic mass is 16.5. The van der Waals surface area contributed by atoms with Crippen LogP contribution in [0.4, 0.5) is 5.82 Å². The van der Waals surface area contributed by atoms with Gasteiger partial charge in [0.2, 0.25) is 0 Å². The molecule has 0 spiro atoms. The van der Waals surface area contributed by atoms with Crippen LogP contribution in [-0.4, -0.2) is 49.8 Å². The minimum atomic E-state index is 0.665. The van der Waals surface area contributed by atoms with Gasteiger partial charge in [0.05, 0.1) is 7.11 Å². The summed E-state index contributed by atoms with van der Waals surface area (Å²) in [5, 5.41) is 3.42. The van der Waals surface area contributed by atoms with E-state index in [1.54, 1.807) is 7.11 Å². The van der Waals surface area contributed by atoms with Crippen molar-refractivity contribution in [2.24, 2.45) is 5.92 Å². The van der Waals surface area contributed by atoms with Gasteiger partial charge in [0.15, 0.2) is 11.5 Å². The standard InChI is InChI=1S/C19H25N3O2/c1-23-17-6-2-3-7-18(17)24-13-12-22-11-9-16(15-22)14-21-19-8-4-5-10-20-19/h2-8,10,16H,9,11-15H2,1H3,(H,20,21). The Morgan fingerprint density at radius 3 is 2.79 bits per heavy atom. The second-order valence-electron chi connectivity index (χ2n) is 6.05. The molecule has 0 aliphatic carbocycles. The van der Waals surface area contributed by atoms with E-state index < -0.39 is 0 Å². The van der Waals surface area contributed by atoms with Gasteiger partial charge in [-0.15, -0.1) is 0 Å². The molecule has 2 heterocycles. The fourth-order valence-corrected chi connectivity index (χ4v) is 3.02. The molecule has 0 amide bonds. The number of hydrogen-bond acceptors (Lipinski definition) is 5. The third-order valence-electron chi connectivity index (χ3n) is 4.34. The molecular formula is C19H25N3O2. The summed E-state index contributed by atoms with van der Waals surface area (Å²) in [4.78, 5) is 6.76. The summed E-state index contributed by atoms with van der Waals surface area (Å²) in [6.07, 6.45) is 3.03. The van der Waals surface area contributed by atoms with Crippen LogP contribution in [-0.2, 0) is 0 Å². The van der Waals surface area contributed by atoms with Gasteiger partial charge >= 0.3 is 0 Å². The van der Waals surface area contributed by atoms with Crippen LogP contribution in [0.1, 0.15) is 6.42 Å². The molecule has 24 heavy (non-hydrogen) atoms. The summed E-state index contributed by atoms with van der Waals surface area (Å²) in [5.74, 6) is 3.22. The monoisotopic (exact) mass is 327 g/mol. The number of rotatable bonds is 8. The predicted molar refractivity (Wildman–Crippen MR) is 95.8 cm³/mol. The molecule has 1 aliphatic rings. The fourth-order valence-electron chi connectivity index (χ4n) is 3.02. The van der Waals surface area contributed by atoms with E-state index in [1.165, 1.54) is 6.42 Å². The molecule has 0 radical (unpaired) electrons. The van der Waals surface area contributed by atoms with Gasteiger partial charge in [0, 0.05) is 25.8 Å². The van der Waals surface area contributed by atoms with E-state index in [0.29, 0.717) is 12.5 Å². The van der Waals surface area contributed by atoms with Crippen molar-refractivity contribution in [2.75, 3.05) is 45.2 Å². The van der Waals surface area contributed by atoms with Crippen molar-refractivity contribution >= 4 is 5.82 Å². The molecule has 1 aliphatic heterocycles. The Labute approximate surface area is 143 Å². The van der Waals surface area contributed by atoms with E-state index in [1.807, 2.05) is 48.7 Å². The maximum atomic E-state index is 5.86. The molecule has 5 nitrogen and oxygen atoms in total. The highest BCUT2D eigenvalue weighted by Gasteiger charge is 2.22. The molecule has 1 fully saturated rings. The number of nitrogens with one attached hydrogen (secondary N) is 1. The van der Waals surface area contributed by atoms with Crippen molar-refractivity contribution < 1.29 is 9.47 Å². The Balaban J connectivity index is 1.37. The number of methoxy groups -OCH3 is 1. The lowest BCUT2D eigenvalue weighted by atomic mass is 10.1. The number of ether oxygens (including phenoxy) is 2. The van der Waals surface area contributed by atoms with Crippen LogP contribution < -0.4 is 14.8 Å². The lowest BCUT2D eigenvalue weighted by Gasteiger charge is -2.17. The first-order chi connectivity index (χ1) is 11.8. The van der Waals surface area contributed by atoms with Crippen molar-refractivity contribution in [1.82, 2.24) is 9.88 Å². The van der Waals surface area contributed by atoms with Crippen LogP contribution in [0.15, 0.2) is 48.7 Å². The third-order valence-corrected chi connectivity index (χ3v) is 4.34. The van der Waals surface area contributed by atoms with Crippen LogP contribution in [0, 0.1) is 5.92 Å². The summed E-state index contributed by atoms with van der Waals surface area (Å²) in [7, 11) is 1.67. The predicted octanol–water partition coefficient (Wildman–Crippen LogP) is 2.90. The summed E-state index contributed by atoms with van der Waals surface area (Å²) in [5.41, 5.74) is 0. The quantitative estimate of drug-likeness (QED) is 0.808. The lowest BCUT2D eigenvalue weighted by molar-refractivity contribution is 0.226. The van der Waals surface area contributed by atoms with Crippen LogP contribution >= 0.6 is 0 Å². The number of benzene rings is 1. The lowest BCUT2D eigenvalue weighted by Crippen LogP contribution is -2.27. The number of anilines is 1. The zero-order valence-electron chi connectivity index (χ0n) is 14.1. The van der Waals surface area contributed by atoms with E-state index in [-0.39, 0.29) is 0 Å². The Kier molecular flexibility index (Phi) is 5.90. The van der Waals surface area contributed by atoms with Crippen molar-refractivity contribution in [2.45, 2.75) is 6.42 Å². The maximum absolute atomic E-state index is 5.86. The molecule has 128 valence electrons. The maximum Gasteiger partial charge on any atom is 0.161 e. The Hall–Kier alpha value is -2.27. The minimum Gasteiger partial charge on any atom is -0.493 e. The Bertz CT molecular complexity index is 621. The summed E-state index contributed by atoms with van der Waals surface area (Å²) >= 11 is 0. The van der Waals surface area contributed by atoms with Crippen molar-refractivity contribution in [3.8, 4) is 11.5 Å². The molecule has 1 N–H and O–H groups in total. The fraction of sp³-hybridized carbons (Fsp3) is 0.421. The number of pyridine rings is 1. The largest absolute Gasteiger partial charge is 0.493 e. The first kappa shape index (κ1) is 16.6. The van der Waals surface area contributed by atoms with Crippen molar-refractivity contribution in [3.05, 3.63) is 48.7 Å². The number of hydrogen-bond donors (Lipinski definition) is 1. The van der Waals surface area contributed by atoms with E-state index in [4.69, 9.17) is 9.47 Å². The Morgan fingerprint density at radius 1 is 1.17 bits per heavy atom. The molecule has 3 rings (SSSR count). The number of aromatic nitrogens is 1. The average Bonchev–Trinajstić information content (AvgIpc) is 3.09. The first-order valence-electron chi connectivity index (χ1n) is 8.48. The third kappa shape index (κ3) is 4.61. The topological polar surface area (TPSA) is 46.6 Å². The smallest absolute Gasteiger partial charge is 0.161 e. The van der Waals surface area contributed by atoms with Crippen LogP contribution in [0.5, 0.6) is 11.5 Å². The van der Waals surface area contributed by atoms with E-state index >= 15 is 0 Å². The number of nitrogens with zero attached hydrogens (tertiary/aromatic N) is 2. The van der Waals surface area contributed by atoms with Gasteiger partial charge in [-0.05, 0) is 43.1 Å². The van der Waals surface area contributed by atoms with Crippen LogP contribution in [0.25, 0.3) is 0 Å².